The lowest BCUT2D eigenvalue weighted by Crippen LogP contribution is -2.54. The van der Waals surface area contributed by atoms with E-state index in [1.807, 2.05) is 32.2 Å². The van der Waals surface area contributed by atoms with Crippen LogP contribution in [0.2, 0.25) is 0 Å². The minimum Gasteiger partial charge on any atom is -0.365 e. The van der Waals surface area contributed by atoms with E-state index in [1.54, 1.807) is 11.8 Å². The molecule has 0 amide bonds. The summed E-state index contributed by atoms with van der Waals surface area (Å²) in [6.07, 6.45) is 2.05. The topological polar surface area (TPSA) is 38.3 Å². The van der Waals surface area contributed by atoms with Crippen LogP contribution in [0.1, 0.15) is 25.3 Å². The SMILES string of the molecule is CSc1ccc(C(C)C(=O)C2(C)CNCCO2)cc1. The van der Waals surface area contributed by atoms with Crippen molar-refractivity contribution >= 4 is 17.5 Å². The summed E-state index contributed by atoms with van der Waals surface area (Å²) in [5.41, 5.74) is 0.355. The normalized spacial score (nSPS) is 25.0. The molecule has 2 atom stereocenters. The van der Waals surface area contributed by atoms with Gasteiger partial charge in [-0.3, -0.25) is 4.79 Å². The Kier molecular flexibility index (Phi) is 4.66. The van der Waals surface area contributed by atoms with E-state index in [0.717, 1.165) is 12.1 Å². The van der Waals surface area contributed by atoms with Crippen LogP contribution < -0.4 is 5.32 Å². The largest absolute Gasteiger partial charge is 0.365 e. The number of thioether (sulfide) groups is 1. The second-order valence-corrected chi connectivity index (χ2v) is 5.99. The van der Waals surface area contributed by atoms with Crippen molar-refractivity contribution < 1.29 is 9.53 Å². The van der Waals surface area contributed by atoms with Crippen molar-refractivity contribution in [2.24, 2.45) is 0 Å². The molecule has 0 spiro atoms. The van der Waals surface area contributed by atoms with E-state index >= 15 is 0 Å². The highest BCUT2D eigenvalue weighted by atomic mass is 32.2. The van der Waals surface area contributed by atoms with Gasteiger partial charge >= 0.3 is 0 Å². The van der Waals surface area contributed by atoms with E-state index in [0.29, 0.717) is 13.2 Å². The van der Waals surface area contributed by atoms with Gasteiger partial charge in [0.05, 0.1) is 6.61 Å². The summed E-state index contributed by atoms with van der Waals surface area (Å²) in [5.74, 6) is 0.0115. The van der Waals surface area contributed by atoms with Gasteiger partial charge in [-0.05, 0) is 30.9 Å². The van der Waals surface area contributed by atoms with Crippen LogP contribution in [0.5, 0.6) is 0 Å². The van der Waals surface area contributed by atoms with Crippen molar-refractivity contribution in [3.8, 4) is 0 Å². The Labute approximate surface area is 119 Å². The Balaban J connectivity index is 2.13. The Morgan fingerprint density at radius 1 is 1.42 bits per heavy atom. The fourth-order valence-electron chi connectivity index (χ4n) is 2.39. The van der Waals surface area contributed by atoms with Gasteiger partial charge in [0.1, 0.15) is 5.60 Å². The number of carbonyl (C=O) groups excluding carboxylic acids is 1. The van der Waals surface area contributed by atoms with E-state index < -0.39 is 5.60 Å². The van der Waals surface area contributed by atoms with Gasteiger partial charge in [0.15, 0.2) is 5.78 Å². The molecule has 2 rings (SSSR count). The lowest BCUT2D eigenvalue weighted by Gasteiger charge is -2.35. The average Bonchev–Trinajstić information content (AvgIpc) is 2.46. The zero-order valence-corrected chi connectivity index (χ0v) is 12.5. The number of benzene rings is 1. The van der Waals surface area contributed by atoms with Crippen molar-refractivity contribution in [1.82, 2.24) is 5.32 Å². The van der Waals surface area contributed by atoms with Crippen molar-refractivity contribution in [1.29, 1.82) is 0 Å². The molecule has 3 nitrogen and oxygen atoms in total. The second kappa shape index (κ2) is 6.07. The first-order valence-corrected chi connectivity index (χ1v) is 7.82. The molecular weight excluding hydrogens is 258 g/mol. The van der Waals surface area contributed by atoms with Gasteiger partial charge in [-0.2, -0.15) is 0 Å². The number of hydrogen-bond donors (Lipinski definition) is 1. The van der Waals surface area contributed by atoms with Crippen LogP contribution in [0.15, 0.2) is 29.2 Å². The van der Waals surface area contributed by atoms with Crippen molar-refractivity contribution in [2.75, 3.05) is 26.0 Å². The van der Waals surface area contributed by atoms with Gasteiger partial charge in [-0.1, -0.05) is 19.1 Å². The molecule has 1 fully saturated rings. The predicted octanol–water partition coefficient (Wildman–Crippen LogP) is 2.46. The Bertz CT molecular complexity index is 438. The molecule has 0 saturated carbocycles. The first-order valence-electron chi connectivity index (χ1n) is 6.60. The maximum atomic E-state index is 12.6. The van der Waals surface area contributed by atoms with E-state index in [2.05, 4.69) is 17.4 Å². The molecule has 1 aromatic rings. The van der Waals surface area contributed by atoms with Crippen molar-refractivity contribution in [2.45, 2.75) is 30.3 Å². The smallest absolute Gasteiger partial charge is 0.172 e. The molecule has 19 heavy (non-hydrogen) atoms. The molecule has 2 unspecified atom stereocenters. The quantitative estimate of drug-likeness (QED) is 0.859. The molecule has 4 heteroatoms. The summed E-state index contributed by atoms with van der Waals surface area (Å²) in [5, 5.41) is 3.23. The molecule has 1 aliphatic rings. The number of nitrogens with one attached hydrogen (secondary N) is 1. The molecule has 0 aromatic heterocycles. The van der Waals surface area contributed by atoms with Crippen LogP contribution in [0, 0.1) is 0 Å². The highest BCUT2D eigenvalue weighted by Crippen LogP contribution is 2.27. The highest BCUT2D eigenvalue weighted by Gasteiger charge is 2.38. The van der Waals surface area contributed by atoms with Crippen molar-refractivity contribution in [3.63, 3.8) is 0 Å². The van der Waals surface area contributed by atoms with Crippen LogP contribution in [-0.4, -0.2) is 37.3 Å². The van der Waals surface area contributed by atoms with Gasteiger partial charge in [0, 0.05) is 23.9 Å². The summed E-state index contributed by atoms with van der Waals surface area (Å²) >= 11 is 1.71. The molecular formula is C15H21NO2S. The summed E-state index contributed by atoms with van der Waals surface area (Å²) in [7, 11) is 0. The van der Waals surface area contributed by atoms with Crippen LogP contribution >= 0.6 is 11.8 Å². The molecule has 1 saturated heterocycles. The third-order valence-corrected chi connectivity index (χ3v) is 4.44. The van der Waals surface area contributed by atoms with E-state index in [4.69, 9.17) is 4.74 Å². The van der Waals surface area contributed by atoms with Crippen molar-refractivity contribution in [3.05, 3.63) is 29.8 Å². The second-order valence-electron chi connectivity index (χ2n) is 5.12. The van der Waals surface area contributed by atoms with Gasteiger partial charge in [-0.25, -0.2) is 0 Å². The monoisotopic (exact) mass is 279 g/mol. The molecule has 1 aliphatic heterocycles. The molecule has 1 aromatic carbocycles. The van der Waals surface area contributed by atoms with E-state index in [-0.39, 0.29) is 11.7 Å². The number of morpholine rings is 1. The van der Waals surface area contributed by atoms with E-state index in [1.165, 1.54) is 4.90 Å². The van der Waals surface area contributed by atoms with Gasteiger partial charge in [0.2, 0.25) is 0 Å². The predicted molar refractivity (Wildman–Crippen MR) is 78.9 cm³/mol. The standard InChI is InChI=1S/C15H21NO2S/c1-11(12-4-6-13(19-3)7-5-12)14(17)15(2)10-16-8-9-18-15/h4-7,11,16H,8-10H2,1-3H3. The number of rotatable bonds is 4. The molecule has 0 aliphatic carbocycles. The average molecular weight is 279 g/mol. The molecule has 1 N–H and O–H groups in total. The number of ether oxygens (including phenoxy) is 1. The summed E-state index contributed by atoms with van der Waals surface area (Å²) in [6.45, 7) is 5.85. The molecule has 104 valence electrons. The first kappa shape index (κ1) is 14.6. The summed E-state index contributed by atoms with van der Waals surface area (Å²) in [6, 6.07) is 8.19. The first-order chi connectivity index (χ1) is 9.07. The van der Waals surface area contributed by atoms with Crippen LogP contribution in [-0.2, 0) is 9.53 Å². The van der Waals surface area contributed by atoms with Crippen LogP contribution in [0.25, 0.3) is 0 Å². The number of ketones is 1. The zero-order chi connectivity index (χ0) is 13.9. The Morgan fingerprint density at radius 2 is 2.11 bits per heavy atom. The molecule has 1 heterocycles. The van der Waals surface area contributed by atoms with E-state index in [9.17, 15) is 4.79 Å². The lowest BCUT2D eigenvalue weighted by molar-refractivity contribution is -0.146. The third-order valence-electron chi connectivity index (χ3n) is 3.69. The third kappa shape index (κ3) is 3.19. The Hall–Kier alpha value is -0.840. The lowest BCUT2D eigenvalue weighted by atomic mass is 9.86. The number of carbonyl (C=O) groups is 1. The minimum absolute atomic E-state index is 0.138. The minimum atomic E-state index is -0.699. The van der Waals surface area contributed by atoms with Gasteiger partial charge in [-0.15, -0.1) is 11.8 Å². The maximum Gasteiger partial charge on any atom is 0.172 e. The van der Waals surface area contributed by atoms with Gasteiger partial charge in [0.25, 0.3) is 0 Å². The molecule has 0 radical (unpaired) electrons. The highest BCUT2D eigenvalue weighted by molar-refractivity contribution is 7.98. The zero-order valence-electron chi connectivity index (χ0n) is 11.7. The Morgan fingerprint density at radius 3 is 2.63 bits per heavy atom. The van der Waals surface area contributed by atoms with Crippen LogP contribution in [0.4, 0.5) is 0 Å². The van der Waals surface area contributed by atoms with Crippen LogP contribution in [0.3, 0.4) is 0 Å². The molecule has 0 bridgehead atoms. The fourth-order valence-corrected chi connectivity index (χ4v) is 2.79. The number of Topliss-reactive ketones (excluding diaryl/α,β-unsaturated/α-hetero) is 1. The summed E-state index contributed by atoms with van der Waals surface area (Å²) < 4.78 is 5.70. The summed E-state index contributed by atoms with van der Waals surface area (Å²) in [4.78, 5) is 13.8. The van der Waals surface area contributed by atoms with Gasteiger partial charge < -0.3 is 10.1 Å². The number of hydrogen-bond acceptors (Lipinski definition) is 4. The fraction of sp³-hybridized carbons (Fsp3) is 0.533. The maximum absolute atomic E-state index is 12.6.